The molecule has 1 N–H and O–H groups in total. The topological polar surface area (TPSA) is 29.9 Å². The smallest absolute Gasteiger partial charge is 0.269 e. The highest BCUT2D eigenvalue weighted by atomic mass is 19.3. The highest BCUT2D eigenvalue weighted by Gasteiger charge is 2.44. The number of hydrogen-bond acceptors (Lipinski definition) is 2. The van der Waals surface area contributed by atoms with Crippen molar-refractivity contribution in [3.63, 3.8) is 0 Å². The predicted molar refractivity (Wildman–Crippen MR) is 60.0 cm³/mol. The summed E-state index contributed by atoms with van der Waals surface area (Å²) in [4.78, 5) is 0. The molecule has 0 fully saturated rings. The monoisotopic (exact) mass is 241 g/mol. The van der Waals surface area contributed by atoms with Crippen LogP contribution >= 0.6 is 0 Å². The molecular weight excluding hydrogens is 224 g/mol. The van der Waals surface area contributed by atoms with E-state index >= 15 is 0 Å². The molecule has 1 aromatic rings. The van der Waals surface area contributed by atoms with Gasteiger partial charge in [-0.1, -0.05) is 6.42 Å². The fourth-order valence-corrected chi connectivity index (χ4v) is 2.95. The molecule has 94 valence electrons. The molecule has 0 amide bonds. The zero-order chi connectivity index (χ0) is 12.0. The Kier molecular flexibility index (Phi) is 2.47. The van der Waals surface area contributed by atoms with Crippen LogP contribution in [0.15, 0.2) is 0 Å². The van der Waals surface area contributed by atoms with E-state index in [0.29, 0.717) is 12.1 Å². The van der Waals surface area contributed by atoms with Gasteiger partial charge in [0.2, 0.25) is 0 Å². The molecule has 2 aliphatic heterocycles. The molecule has 0 spiro atoms. The Balaban J connectivity index is 2.11. The summed E-state index contributed by atoms with van der Waals surface area (Å²) in [6.45, 7) is 2.56. The average Bonchev–Trinajstić information content (AvgIpc) is 2.41. The molecule has 5 heteroatoms. The molecule has 0 radical (unpaired) electrons. The maximum atomic E-state index is 14.0. The predicted octanol–water partition coefficient (Wildman–Crippen LogP) is 2.19. The molecule has 3 rings (SSSR count). The van der Waals surface area contributed by atoms with Crippen molar-refractivity contribution >= 4 is 0 Å². The van der Waals surface area contributed by atoms with E-state index in [4.69, 9.17) is 0 Å². The molecular formula is C12H17F2N3. The largest absolute Gasteiger partial charge is 0.333 e. The molecule has 3 heterocycles. The van der Waals surface area contributed by atoms with Gasteiger partial charge in [0.05, 0.1) is 11.3 Å². The molecule has 0 aromatic carbocycles. The summed E-state index contributed by atoms with van der Waals surface area (Å²) in [7, 11) is 0. The lowest BCUT2D eigenvalue weighted by Gasteiger charge is -2.28. The summed E-state index contributed by atoms with van der Waals surface area (Å²) in [6, 6.07) is -3.12. The highest BCUT2D eigenvalue weighted by Crippen LogP contribution is 2.37. The first-order valence-electron chi connectivity index (χ1n) is 6.32. The van der Waals surface area contributed by atoms with Gasteiger partial charge in [-0.3, -0.25) is 10.00 Å². The quantitative estimate of drug-likeness (QED) is 0.706. The van der Waals surface area contributed by atoms with E-state index in [0.717, 1.165) is 37.9 Å². The Morgan fingerprint density at radius 3 is 3.00 bits per heavy atom. The molecule has 0 bridgehead atoms. The Morgan fingerprint density at radius 2 is 2.18 bits per heavy atom. The van der Waals surface area contributed by atoms with Crippen LogP contribution in [0.25, 0.3) is 0 Å². The number of nitrogens with one attached hydrogen (secondary N) is 1. The third-order valence-corrected chi connectivity index (χ3v) is 3.65. The van der Waals surface area contributed by atoms with Crippen molar-refractivity contribution < 1.29 is 8.78 Å². The van der Waals surface area contributed by atoms with Crippen LogP contribution in [0, 0.1) is 0 Å². The first-order chi connectivity index (χ1) is 8.08. The second-order valence-corrected chi connectivity index (χ2v) is 5.13. The summed E-state index contributed by atoms with van der Waals surface area (Å²) < 4.78 is 29.9. The number of alkyl halides is 2. The van der Waals surface area contributed by atoms with Crippen LogP contribution in [0.1, 0.15) is 43.1 Å². The molecule has 1 atom stereocenters. The van der Waals surface area contributed by atoms with E-state index < -0.39 is 6.05 Å². The molecule has 3 nitrogen and oxygen atoms in total. The Hall–Kier alpha value is -0.970. The maximum absolute atomic E-state index is 14.0. The van der Waals surface area contributed by atoms with Crippen LogP contribution in [0.3, 0.4) is 0 Å². The van der Waals surface area contributed by atoms with Gasteiger partial charge in [-0.05, 0) is 26.2 Å². The van der Waals surface area contributed by atoms with Crippen molar-refractivity contribution in [2.45, 2.75) is 57.7 Å². The number of nitrogens with zero attached hydrogens (tertiary/aromatic N) is 2. The van der Waals surface area contributed by atoms with E-state index in [1.165, 1.54) is 0 Å². The van der Waals surface area contributed by atoms with Crippen LogP contribution in [0.2, 0.25) is 0 Å². The van der Waals surface area contributed by atoms with Crippen molar-refractivity contribution in [1.29, 1.82) is 0 Å². The van der Waals surface area contributed by atoms with Crippen molar-refractivity contribution in [3.05, 3.63) is 17.0 Å². The number of aromatic nitrogens is 2. The molecule has 0 aliphatic carbocycles. The van der Waals surface area contributed by atoms with E-state index in [1.54, 1.807) is 6.92 Å². The molecule has 1 aromatic heterocycles. The van der Waals surface area contributed by atoms with Gasteiger partial charge in [0, 0.05) is 24.7 Å². The first-order valence-corrected chi connectivity index (χ1v) is 6.32. The number of halogens is 2. The third-order valence-electron chi connectivity index (χ3n) is 3.65. The van der Waals surface area contributed by atoms with Gasteiger partial charge in [0.1, 0.15) is 0 Å². The SMILES string of the molecule is CC1Cc2nn3c(c2C(F)(F)N1)CCCCC3. The molecule has 17 heavy (non-hydrogen) atoms. The van der Waals surface area contributed by atoms with Gasteiger partial charge in [0.15, 0.2) is 0 Å². The van der Waals surface area contributed by atoms with Crippen LogP contribution in [0.5, 0.6) is 0 Å². The van der Waals surface area contributed by atoms with E-state index in [1.807, 2.05) is 4.68 Å². The molecule has 1 unspecified atom stereocenters. The first kappa shape index (κ1) is 11.1. The normalized spacial score (nSPS) is 27.1. The molecule has 0 saturated heterocycles. The Bertz CT molecular complexity index is 439. The van der Waals surface area contributed by atoms with Crippen LogP contribution in [0.4, 0.5) is 8.78 Å². The van der Waals surface area contributed by atoms with Gasteiger partial charge in [0.25, 0.3) is 0 Å². The van der Waals surface area contributed by atoms with Crippen molar-refractivity contribution in [3.8, 4) is 0 Å². The fraction of sp³-hybridized carbons (Fsp3) is 0.750. The van der Waals surface area contributed by atoms with Gasteiger partial charge in [-0.2, -0.15) is 13.9 Å². The third kappa shape index (κ3) is 1.76. The van der Waals surface area contributed by atoms with Crippen LogP contribution < -0.4 is 5.32 Å². The summed E-state index contributed by atoms with van der Waals surface area (Å²) in [5, 5.41) is 6.78. The lowest BCUT2D eigenvalue weighted by molar-refractivity contribution is -0.0586. The second kappa shape index (κ2) is 3.77. The zero-order valence-corrected chi connectivity index (χ0v) is 9.97. The van der Waals surface area contributed by atoms with E-state index in [-0.39, 0.29) is 11.6 Å². The summed E-state index contributed by atoms with van der Waals surface area (Å²) in [6.07, 6.45) is 4.47. The van der Waals surface area contributed by atoms with Crippen molar-refractivity contribution in [1.82, 2.24) is 15.1 Å². The van der Waals surface area contributed by atoms with Gasteiger partial charge in [-0.25, -0.2) is 0 Å². The van der Waals surface area contributed by atoms with E-state index in [9.17, 15) is 8.78 Å². The lowest BCUT2D eigenvalue weighted by atomic mass is 9.98. The number of aryl methyl sites for hydroxylation is 1. The highest BCUT2D eigenvalue weighted by molar-refractivity contribution is 5.34. The standard InChI is InChI=1S/C12H17F2N3/c1-8-7-9-11(12(13,14)15-8)10-5-3-2-4-6-17(10)16-9/h8,15H,2-7H2,1H3. The number of fused-ring (bicyclic) bond motifs is 3. The van der Waals surface area contributed by atoms with Gasteiger partial charge < -0.3 is 0 Å². The second-order valence-electron chi connectivity index (χ2n) is 5.13. The fourth-order valence-electron chi connectivity index (χ4n) is 2.95. The van der Waals surface area contributed by atoms with Crippen molar-refractivity contribution in [2.24, 2.45) is 0 Å². The molecule has 0 saturated carbocycles. The van der Waals surface area contributed by atoms with E-state index in [2.05, 4.69) is 10.4 Å². The average molecular weight is 241 g/mol. The summed E-state index contributed by atoms with van der Waals surface area (Å²) in [5.74, 6) is 0. The van der Waals surface area contributed by atoms with Gasteiger partial charge >= 0.3 is 6.05 Å². The number of rotatable bonds is 0. The Morgan fingerprint density at radius 1 is 1.35 bits per heavy atom. The number of hydrogen-bond donors (Lipinski definition) is 1. The van der Waals surface area contributed by atoms with Crippen molar-refractivity contribution in [2.75, 3.05) is 0 Å². The lowest BCUT2D eigenvalue weighted by Crippen LogP contribution is -2.46. The van der Waals surface area contributed by atoms with Crippen LogP contribution in [-0.2, 0) is 25.4 Å². The minimum absolute atomic E-state index is 0.164. The minimum atomic E-state index is -2.91. The van der Waals surface area contributed by atoms with Gasteiger partial charge in [-0.15, -0.1) is 0 Å². The van der Waals surface area contributed by atoms with Crippen LogP contribution in [-0.4, -0.2) is 15.8 Å². The maximum Gasteiger partial charge on any atom is 0.333 e. The Labute approximate surface area is 99.2 Å². The molecule has 2 aliphatic rings. The minimum Gasteiger partial charge on any atom is -0.269 e. The summed E-state index contributed by atoms with van der Waals surface area (Å²) >= 11 is 0. The zero-order valence-electron chi connectivity index (χ0n) is 9.97. The summed E-state index contributed by atoms with van der Waals surface area (Å²) in [5.41, 5.74) is 1.51.